The molecule has 1 atom stereocenters. The number of anilines is 1. The van der Waals surface area contributed by atoms with Crippen molar-refractivity contribution >= 4 is 28.8 Å². The molecule has 0 aliphatic heterocycles. The molecule has 3 nitrogen and oxygen atoms in total. The molecular weight excluding hydrogens is 649 g/mol. The Hall–Kier alpha value is -3.67. The van der Waals surface area contributed by atoms with Gasteiger partial charge in [-0.15, -0.1) is 0 Å². The van der Waals surface area contributed by atoms with Crippen molar-refractivity contribution in [3.05, 3.63) is 93.0 Å². The summed E-state index contributed by atoms with van der Waals surface area (Å²) in [5.41, 5.74) is -4.21. The van der Waals surface area contributed by atoms with Crippen molar-refractivity contribution in [2.24, 2.45) is 5.92 Å². The first-order chi connectivity index (χ1) is 21.3. The average molecular weight is 682 g/mol. The summed E-state index contributed by atoms with van der Waals surface area (Å²) < 4.78 is 129. The maximum absolute atomic E-state index is 14.2. The number of ether oxygens (including phenoxy) is 1. The molecule has 0 bridgehead atoms. The van der Waals surface area contributed by atoms with E-state index in [9.17, 15) is 44.3 Å². The van der Waals surface area contributed by atoms with Gasteiger partial charge in [-0.3, -0.25) is 4.79 Å². The smallest absolute Gasteiger partial charge is 0.420 e. The molecule has 1 amide bonds. The molecule has 1 unspecified atom stereocenters. The molecule has 1 N–H and O–H groups in total. The summed E-state index contributed by atoms with van der Waals surface area (Å²) in [6.07, 6.45) is -12.1. The van der Waals surface area contributed by atoms with Crippen LogP contribution in [0.15, 0.2) is 54.6 Å². The number of hydrogen-bond donors (Lipinski definition) is 1. The Morgan fingerprint density at radius 2 is 1.41 bits per heavy atom. The number of benzene rings is 3. The molecule has 0 spiro atoms. The lowest BCUT2D eigenvalue weighted by atomic mass is 9.88. The minimum Gasteiger partial charge on any atom is -0.456 e. The number of nitrogens with one attached hydrogen (secondary N) is 1. The lowest BCUT2D eigenvalue weighted by Crippen LogP contribution is -2.18. The van der Waals surface area contributed by atoms with Crippen LogP contribution in [0.1, 0.15) is 85.6 Å². The first kappa shape index (κ1) is 38.5. The van der Waals surface area contributed by atoms with Crippen molar-refractivity contribution < 1.29 is 49.0 Å². The predicted molar refractivity (Wildman–Crippen MR) is 161 cm³/mol. The van der Waals surface area contributed by atoms with Gasteiger partial charge in [0.05, 0.1) is 10.6 Å². The van der Waals surface area contributed by atoms with Crippen LogP contribution < -0.4 is 10.1 Å². The summed E-state index contributed by atoms with van der Waals surface area (Å²) in [5, 5.41) is 0.996. The molecule has 0 heterocycles. The molecule has 3 rings (SSSR count). The summed E-state index contributed by atoms with van der Waals surface area (Å²) in [4.78, 5) is 12.6. The van der Waals surface area contributed by atoms with Gasteiger partial charge in [-0.05, 0) is 85.4 Å². The summed E-state index contributed by atoms with van der Waals surface area (Å²) in [7, 11) is 0. The highest BCUT2D eigenvalue weighted by atomic mass is 35.5. The standard InChI is InChI=1S/C31H27ClF9NO2.C2H6/c1-5-7-16(3)21(6-2)22-15-20(10-8-17(22)4)44-27-24(30(36,37)38)13-19(14-25(27)31(39,40)41)42-28(43)18-9-11-23(26(32)12-18)29(33,34)35;1-2/h6,8-16H,5,7H2,1-4H3,(H,42,43);1-2H3/b21-6-;. The Kier molecular flexibility index (Phi) is 12.8. The summed E-state index contributed by atoms with van der Waals surface area (Å²) >= 11 is 5.59. The number of amides is 1. The van der Waals surface area contributed by atoms with Crippen LogP contribution in [0.2, 0.25) is 5.02 Å². The quantitative estimate of drug-likeness (QED) is 0.240. The van der Waals surface area contributed by atoms with Crippen LogP contribution in [0.3, 0.4) is 0 Å². The van der Waals surface area contributed by atoms with Crippen molar-refractivity contribution in [1.82, 2.24) is 0 Å². The minimum absolute atomic E-state index is 0.0536. The zero-order chi connectivity index (χ0) is 35.2. The van der Waals surface area contributed by atoms with Crippen LogP contribution in [0.4, 0.5) is 45.2 Å². The van der Waals surface area contributed by atoms with Gasteiger partial charge in [-0.1, -0.05) is 57.9 Å². The van der Waals surface area contributed by atoms with Crippen molar-refractivity contribution in [2.45, 2.75) is 72.9 Å². The van der Waals surface area contributed by atoms with Crippen LogP contribution in [0, 0.1) is 12.8 Å². The number of rotatable bonds is 8. The third-order valence-electron chi connectivity index (χ3n) is 6.80. The fourth-order valence-electron chi connectivity index (χ4n) is 4.71. The third kappa shape index (κ3) is 9.43. The first-order valence-corrected chi connectivity index (χ1v) is 14.6. The van der Waals surface area contributed by atoms with Crippen LogP contribution in [0.25, 0.3) is 5.57 Å². The fourth-order valence-corrected chi connectivity index (χ4v) is 5.00. The number of carbonyl (C=O) groups excluding carboxylic acids is 1. The van der Waals surface area contributed by atoms with Crippen molar-refractivity contribution in [2.75, 3.05) is 5.32 Å². The first-order valence-electron chi connectivity index (χ1n) is 14.2. The highest BCUT2D eigenvalue weighted by molar-refractivity contribution is 6.32. The Balaban J connectivity index is 0.00000361. The Morgan fingerprint density at radius 1 is 0.870 bits per heavy atom. The summed E-state index contributed by atoms with van der Waals surface area (Å²) in [6, 6.07) is 6.41. The molecule has 0 radical (unpaired) electrons. The Bertz CT molecular complexity index is 1520. The minimum atomic E-state index is -5.37. The van der Waals surface area contributed by atoms with Gasteiger partial charge in [0.25, 0.3) is 5.91 Å². The Morgan fingerprint density at radius 3 is 1.87 bits per heavy atom. The van der Waals surface area contributed by atoms with Gasteiger partial charge in [-0.2, -0.15) is 39.5 Å². The average Bonchev–Trinajstić information content (AvgIpc) is 2.95. The van der Waals surface area contributed by atoms with E-state index in [0.717, 1.165) is 24.0 Å². The van der Waals surface area contributed by atoms with Gasteiger partial charge in [0.15, 0.2) is 5.75 Å². The van der Waals surface area contributed by atoms with Crippen molar-refractivity contribution in [3.8, 4) is 11.5 Å². The molecule has 252 valence electrons. The second kappa shape index (κ2) is 15.3. The van der Waals surface area contributed by atoms with E-state index in [2.05, 4.69) is 0 Å². The zero-order valence-electron chi connectivity index (χ0n) is 25.8. The number of carbonyl (C=O) groups is 1. The highest BCUT2D eigenvalue weighted by Gasteiger charge is 2.43. The number of alkyl halides is 9. The van der Waals surface area contributed by atoms with E-state index in [1.54, 1.807) is 13.8 Å². The number of aryl methyl sites for hydroxylation is 1. The maximum atomic E-state index is 14.2. The van der Waals surface area contributed by atoms with Gasteiger partial charge in [0.2, 0.25) is 0 Å². The van der Waals surface area contributed by atoms with Gasteiger partial charge in [-0.25, -0.2) is 0 Å². The lowest BCUT2D eigenvalue weighted by Gasteiger charge is -2.22. The fraction of sp³-hybridized carbons (Fsp3) is 0.364. The largest absolute Gasteiger partial charge is 0.456 e. The molecule has 0 aliphatic carbocycles. The maximum Gasteiger partial charge on any atom is 0.420 e. The lowest BCUT2D eigenvalue weighted by molar-refractivity contribution is -0.145. The van der Waals surface area contributed by atoms with Crippen molar-refractivity contribution in [3.63, 3.8) is 0 Å². The van der Waals surface area contributed by atoms with E-state index < -0.39 is 63.1 Å². The molecule has 0 fully saturated rings. The van der Waals surface area contributed by atoms with E-state index in [4.69, 9.17) is 16.3 Å². The van der Waals surface area contributed by atoms with Gasteiger partial charge < -0.3 is 10.1 Å². The van der Waals surface area contributed by atoms with Gasteiger partial charge in [0.1, 0.15) is 16.9 Å². The normalized spacial score (nSPS) is 13.1. The molecule has 13 heteroatoms. The number of halogens is 10. The van der Waals surface area contributed by atoms with Crippen LogP contribution in [-0.2, 0) is 18.5 Å². The van der Waals surface area contributed by atoms with E-state index in [1.807, 2.05) is 39.1 Å². The molecule has 0 aliphatic rings. The monoisotopic (exact) mass is 681 g/mol. The van der Waals surface area contributed by atoms with E-state index >= 15 is 0 Å². The van der Waals surface area contributed by atoms with E-state index in [-0.39, 0.29) is 23.8 Å². The molecule has 3 aromatic carbocycles. The third-order valence-corrected chi connectivity index (χ3v) is 7.11. The van der Waals surface area contributed by atoms with Crippen LogP contribution in [0.5, 0.6) is 11.5 Å². The number of hydrogen-bond acceptors (Lipinski definition) is 2. The molecule has 46 heavy (non-hydrogen) atoms. The molecular formula is C33H33ClF9NO2. The molecule has 0 saturated heterocycles. The van der Waals surface area contributed by atoms with Gasteiger partial charge in [0, 0.05) is 11.3 Å². The summed E-state index contributed by atoms with van der Waals surface area (Å²) in [6.45, 7) is 11.5. The second-order valence-electron chi connectivity index (χ2n) is 10.1. The van der Waals surface area contributed by atoms with Crippen LogP contribution >= 0.6 is 11.6 Å². The molecule has 0 saturated carbocycles. The second-order valence-corrected chi connectivity index (χ2v) is 10.5. The van der Waals surface area contributed by atoms with E-state index in [0.29, 0.717) is 23.8 Å². The number of allylic oxidation sites excluding steroid dienone is 2. The van der Waals surface area contributed by atoms with Crippen LogP contribution in [-0.4, -0.2) is 5.91 Å². The molecule has 0 aromatic heterocycles. The van der Waals surface area contributed by atoms with Gasteiger partial charge >= 0.3 is 18.5 Å². The Labute approximate surface area is 266 Å². The highest BCUT2D eigenvalue weighted by Crippen LogP contribution is 2.48. The SMILES string of the molecule is C/C=C(\c1cc(Oc2c(C(F)(F)F)cc(NC(=O)c3ccc(C(F)(F)F)c(Cl)c3)cc2C(F)(F)F)ccc1C)C(C)CCC.CC. The summed E-state index contributed by atoms with van der Waals surface area (Å²) in [5.74, 6) is -3.04. The molecule has 3 aromatic rings. The topological polar surface area (TPSA) is 38.3 Å². The van der Waals surface area contributed by atoms with E-state index in [1.165, 1.54) is 18.2 Å². The zero-order valence-corrected chi connectivity index (χ0v) is 26.5. The van der Waals surface area contributed by atoms with Crippen molar-refractivity contribution in [1.29, 1.82) is 0 Å². The predicted octanol–water partition coefficient (Wildman–Crippen LogP) is 12.6.